The Kier molecular flexibility index (Phi) is 3.52. The number of methoxy groups -OCH3 is 1. The molecule has 0 bridgehead atoms. The van der Waals surface area contributed by atoms with Crippen LogP contribution < -0.4 is 4.74 Å². The molecule has 0 saturated carbocycles. The molecule has 0 fully saturated rings. The van der Waals surface area contributed by atoms with Gasteiger partial charge in [-0.3, -0.25) is 0 Å². The van der Waals surface area contributed by atoms with Crippen LogP contribution in [-0.4, -0.2) is 23.4 Å². The van der Waals surface area contributed by atoms with E-state index < -0.39 is 11.3 Å². The molecule has 15 heavy (non-hydrogen) atoms. The molecule has 1 aromatic heterocycles. The molecular weight excluding hydrogens is 233 g/mol. The summed E-state index contributed by atoms with van der Waals surface area (Å²) in [7, 11) is 1.38. The molecule has 7 heteroatoms. The van der Waals surface area contributed by atoms with Crippen molar-refractivity contribution in [1.29, 1.82) is 0 Å². The van der Waals surface area contributed by atoms with Gasteiger partial charge in [0.2, 0.25) is 5.17 Å². The zero-order chi connectivity index (χ0) is 11.5. The third-order valence-corrected chi connectivity index (χ3v) is 1.70. The Labute approximate surface area is 88.6 Å². The Morgan fingerprint density at radius 3 is 2.73 bits per heavy atom. The van der Waals surface area contributed by atoms with Crippen molar-refractivity contribution < 1.29 is 17.9 Å². The number of ether oxygens (including phenoxy) is 1. The highest BCUT2D eigenvalue weighted by molar-refractivity contribution is 6.67. The number of hydrogen-bond donors (Lipinski definition) is 0. The summed E-state index contributed by atoms with van der Waals surface area (Å²) in [6.45, 7) is 0. The Hall–Kier alpha value is -1.30. The third kappa shape index (κ3) is 3.39. The van der Waals surface area contributed by atoms with Gasteiger partial charge in [-0.25, -0.2) is 9.98 Å². The van der Waals surface area contributed by atoms with Crippen LogP contribution in [0.15, 0.2) is 23.3 Å². The average Bonchev–Trinajstić information content (AvgIpc) is 2.16. The van der Waals surface area contributed by atoms with Crippen LogP contribution in [0.1, 0.15) is 0 Å². The first-order valence-electron chi connectivity index (χ1n) is 3.75. The maximum Gasteiger partial charge on any atom is 0.444 e. The number of pyridine rings is 1. The van der Waals surface area contributed by atoms with Gasteiger partial charge in [-0.15, -0.1) is 0 Å². The summed E-state index contributed by atoms with van der Waals surface area (Å²) in [5, 5.41) is -1.47. The van der Waals surface area contributed by atoms with E-state index in [1.807, 2.05) is 0 Å². The molecule has 82 valence electrons. The normalized spacial score (nSPS) is 12.7. The molecule has 0 N–H and O–H groups in total. The van der Waals surface area contributed by atoms with E-state index in [0.717, 1.165) is 0 Å². The van der Waals surface area contributed by atoms with Gasteiger partial charge in [0.25, 0.3) is 0 Å². The molecule has 1 aromatic rings. The van der Waals surface area contributed by atoms with E-state index in [9.17, 15) is 13.2 Å². The number of aliphatic imine (C=N–C) groups is 1. The van der Waals surface area contributed by atoms with Crippen LogP contribution in [0, 0.1) is 0 Å². The van der Waals surface area contributed by atoms with E-state index in [-0.39, 0.29) is 5.82 Å². The summed E-state index contributed by atoms with van der Waals surface area (Å²) in [6, 6.07) is 2.73. The first-order valence-corrected chi connectivity index (χ1v) is 4.12. The molecule has 1 rings (SSSR count). The van der Waals surface area contributed by atoms with Crippen molar-refractivity contribution in [2.75, 3.05) is 7.11 Å². The summed E-state index contributed by atoms with van der Waals surface area (Å²) < 4.78 is 40.8. The molecular formula is C8H6ClF3N2O. The SMILES string of the molecule is COc1ccnc(N=C(Cl)C(F)(F)F)c1. The fourth-order valence-corrected chi connectivity index (χ4v) is 0.838. The van der Waals surface area contributed by atoms with Gasteiger partial charge in [0.1, 0.15) is 5.75 Å². The summed E-state index contributed by atoms with van der Waals surface area (Å²) in [6.07, 6.45) is -3.38. The maximum absolute atomic E-state index is 12.0. The minimum atomic E-state index is -4.66. The van der Waals surface area contributed by atoms with E-state index in [4.69, 9.17) is 16.3 Å². The van der Waals surface area contributed by atoms with Gasteiger partial charge < -0.3 is 4.74 Å². The number of halogens is 4. The molecule has 0 aromatic carbocycles. The first kappa shape index (κ1) is 11.8. The van der Waals surface area contributed by atoms with Crippen LogP contribution in [-0.2, 0) is 0 Å². The second-order valence-electron chi connectivity index (χ2n) is 2.45. The lowest BCUT2D eigenvalue weighted by Gasteiger charge is -2.03. The van der Waals surface area contributed by atoms with Gasteiger partial charge in [-0.1, -0.05) is 11.6 Å². The lowest BCUT2D eigenvalue weighted by molar-refractivity contribution is -0.0558. The van der Waals surface area contributed by atoms with Crippen LogP contribution >= 0.6 is 11.6 Å². The van der Waals surface area contributed by atoms with Crippen molar-refractivity contribution in [2.45, 2.75) is 6.18 Å². The third-order valence-electron chi connectivity index (χ3n) is 1.40. The minimum Gasteiger partial charge on any atom is -0.497 e. The van der Waals surface area contributed by atoms with Crippen LogP contribution in [0.25, 0.3) is 0 Å². The van der Waals surface area contributed by atoms with E-state index in [0.29, 0.717) is 5.75 Å². The zero-order valence-electron chi connectivity index (χ0n) is 7.55. The molecule has 0 saturated heterocycles. The highest BCUT2D eigenvalue weighted by atomic mass is 35.5. The molecule has 0 aliphatic carbocycles. The lowest BCUT2D eigenvalue weighted by atomic mass is 10.4. The second-order valence-corrected chi connectivity index (χ2v) is 2.81. The second kappa shape index (κ2) is 4.48. The predicted octanol–water partition coefficient (Wildman–Crippen LogP) is 2.92. The van der Waals surface area contributed by atoms with Crippen molar-refractivity contribution in [3.8, 4) is 5.75 Å². The molecule has 0 aliphatic heterocycles. The Balaban J connectivity index is 2.98. The molecule has 0 aliphatic rings. The predicted molar refractivity (Wildman–Crippen MR) is 49.8 cm³/mol. The number of rotatable bonds is 2. The van der Waals surface area contributed by atoms with Crippen molar-refractivity contribution in [3.05, 3.63) is 18.3 Å². The van der Waals surface area contributed by atoms with Gasteiger partial charge >= 0.3 is 6.18 Å². The highest BCUT2D eigenvalue weighted by Crippen LogP contribution is 2.24. The van der Waals surface area contributed by atoms with Crippen molar-refractivity contribution in [1.82, 2.24) is 4.98 Å². The molecule has 0 radical (unpaired) electrons. The van der Waals surface area contributed by atoms with Gasteiger partial charge in [0, 0.05) is 12.3 Å². The summed E-state index contributed by atoms with van der Waals surface area (Å²) in [4.78, 5) is 6.69. The fourth-order valence-electron chi connectivity index (χ4n) is 0.752. The van der Waals surface area contributed by atoms with Gasteiger partial charge in [0.05, 0.1) is 7.11 Å². The minimum absolute atomic E-state index is 0.156. The van der Waals surface area contributed by atoms with Crippen LogP contribution in [0.5, 0.6) is 5.75 Å². The van der Waals surface area contributed by atoms with E-state index in [2.05, 4.69) is 9.98 Å². The van der Waals surface area contributed by atoms with Crippen LogP contribution in [0.2, 0.25) is 0 Å². The molecule has 1 heterocycles. The van der Waals surface area contributed by atoms with Crippen molar-refractivity contribution >= 4 is 22.6 Å². The van der Waals surface area contributed by atoms with Gasteiger partial charge in [-0.2, -0.15) is 13.2 Å². The largest absolute Gasteiger partial charge is 0.497 e. The number of aromatic nitrogens is 1. The highest BCUT2D eigenvalue weighted by Gasteiger charge is 2.34. The van der Waals surface area contributed by atoms with Gasteiger partial charge in [0.15, 0.2) is 5.82 Å². The monoisotopic (exact) mass is 238 g/mol. The Morgan fingerprint density at radius 2 is 2.20 bits per heavy atom. The topological polar surface area (TPSA) is 34.5 Å². The quantitative estimate of drug-likeness (QED) is 0.743. The lowest BCUT2D eigenvalue weighted by Crippen LogP contribution is -2.16. The number of hydrogen-bond acceptors (Lipinski definition) is 3. The van der Waals surface area contributed by atoms with E-state index in [1.54, 1.807) is 0 Å². The van der Waals surface area contributed by atoms with Gasteiger partial charge in [-0.05, 0) is 6.07 Å². The zero-order valence-corrected chi connectivity index (χ0v) is 8.30. The van der Waals surface area contributed by atoms with Crippen LogP contribution in [0.3, 0.4) is 0 Å². The molecule has 0 spiro atoms. The standard InChI is InChI=1S/C8H6ClF3N2O/c1-15-5-2-3-13-6(4-5)14-7(9)8(10,11)12/h2-4H,1H3. The van der Waals surface area contributed by atoms with E-state index >= 15 is 0 Å². The summed E-state index contributed by atoms with van der Waals surface area (Å²) in [5.41, 5.74) is 0. The van der Waals surface area contributed by atoms with Crippen LogP contribution in [0.4, 0.5) is 19.0 Å². The average molecular weight is 239 g/mol. The molecule has 3 nitrogen and oxygen atoms in total. The maximum atomic E-state index is 12.0. The van der Waals surface area contributed by atoms with Crippen molar-refractivity contribution in [3.63, 3.8) is 0 Å². The Bertz CT molecular complexity index is 378. The molecule has 0 amide bonds. The smallest absolute Gasteiger partial charge is 0.444 e. The molecule has 0 atom stereocenters. The number of nitrogens with zero attached hydrogens (tertiary/aromatic N) is 2. The first-order chi connectivity index (χ1) is 6.93. The summed E-state index contributed by atoms with van der Waals surface area (Å²) in [5.74, 6) is 0.201. The fraction of sp³-hybridized carbons (Fsp3) is 0.250. The Morgan fingerprint density at radius 1 is 1.53 bits per heavy atom. The summed E-state index contributed by atoms with van der Waals surface area (Å²) >= 11 is 4.93. The number of alkyl halides is 3. The van der Waals surface area contributed by atoms with Crippen molar-refractivity contribution in [2.24, 2.45) is 4.99 Å². The van der Waals surface area contributed by atoms with E-state index in [1.165, 1.54) is 25.4 Å². The molecule has 0 unspecified atom stereocenters.